The van der Waals surface area contributed by atoms with Crippen LogP contribution in [0.4, 0.5) is 0 Å². The van der Waals surface area contributed by atoms with Gasteiger partial charge in [-0.05, 0) is 89.3 Å². The van der Waals surface area contributed by atoms with Gasteiger partial charge >= 0.3 is 0 Å². The van der Waals surface area contributed by atoms with Crippen molar-refractivity contribution in [2.75, 3.05) is 0 Å². The Morgan fingerprint density at radius 3 is 1.28 bits per heavy atom. The van der Waals surface area contributed by atoms with Gasteiger partial charge in [0, 0.05) is 16.7 Å². The quantitative estimate of drug-likeness (QED) is 0.181. The average Bonchev–Trinajstić information content (AvgIpc) is 3.20. The molecular weight excluding hydrogens is 607 g/mol. The zero-order valence-electron chi connectivity index (χ0n) is 27.1. The molecule has 0 unspecified atom stereocenters. The van der Waals surface area contributed by atoms with Gasteiger partial charge in [0.05, 0.1) is 0 Å². The number of hydrogen-bond acceptors (Lipinski definition) is 3. The largest absolute Gasteiger partial charge is 0.208 e. The van der Waals surface area contributed by atoms with E-state index >= 15 is 0 Å². The van der Waals surface area contributed by atoms with Crippen LogP contribution in [-0.4, -0.2) is 15.0 Å². The van der Waals surface area contributed by atoms with Gasteiger partial charge in [-0.3, -0.25) is 0 Å². The van der Waals surface area contributed by atoms with Crippen LogP contribution < -0.4 is 0 Å². The molecule has 0 aliphatic rings. The van der Waals surface area contributed by atoms with Gasteiger partial charge < -0.3 is 0 Å². The molecule has 3 nitrogen and oxygen atoms in total. The second-order valence-corrected chi connectivity index (χ2v) is 12.9. The number of benzene rings is 9. The maximum Gasteiger partial charge on any atom is 0.164 e. The summed E-state index contributed by atoms with van der Waals surface area (Å²) in [5, 5.41) is 12.2. The van der Waals surface area contributed by atoms with E-state index in [1.807, 2.05) is 0 Å². The molecule has 0 aliphatic carbocycles. The molecule has 9 aromatic carbocycles. The van der Waals surface area contributed by atoms with Crippen molar-refractivity contribution in [3.63, 3.8) is 0 Å². The van der Waals surface area contributed by atoms with Crippen molar-refractivity contribution >= 4 is 53.9 Å². The average molecular weight is 636 g/mol. The molecule has 0 amide bonds. The van der Waals surface area contributed by atoms with E-state index in [0.717, 1.165) is 38.6 Å². The van der Waals surface area contributed by atoms with Gasteiger partial charge in [-0.25, -0.2) is 15.0 Å². The van der Waals surface area contributed by atoms with E-state index in [0.29, 0.717) is 17.5 Å². The number of hydrogen-bond donors (Lipinski definition) is 0. The summed E-state index contributed by atoms with van der Waals surface area (Å²) < 4.78 is 0. The van der Waals surface area contributed by atoms with Crippen molar-refractivity contribution in [1.82, 2.24) is 15.0 Å². The summed E-state index contributed by atoms with van der Waals surface area (Å²) in [6.45, 7) is 0. The fourth-order valence-corrected chi connectivity index (χ4v) is 7.26. The second-order valence-electron chi connectivity index (χ2n) is 12.9. The Labute approximate surface area is 289 Å². The molecule has 0 radical (unpaired) electrons. The first kappa shape index (κ1) is 28.3. The van der Waals surface area contributed by atoms with Crippen LogP contribution in [0.15, 0.2) is 176 Å². The van der Waals surface area contributed by atoms with E-state index < -0.39 is 0 Å². The van der Waals surface area contributed by atoms with Gasteiger partial charge in [0.15, 0.2) is 17.5 Å². The highest BCUT2D eigenvalue weighted by molar-refractivity contribution is 6.17. The van der Waals surface area contributed by atoms with Crippen molar-refractivity contribution in [3.8, 4) is 45.3 Å². The fraction of sp³-hybridized carbons (Fsp3) is 0. The molecule has 0 aliphatic heterocycles. The number of aromatic nitrogens is 3. The lowest BCUT2D eigenvalue weighted by Gasteiger charge is -2.12. The van der Waals surface area contributed by atoms with E-state index in [1.165, 1.54) is 43.1 Å². The minimum absolute atomic E-state index is 0.644. The first-order valence-electron chi connectivity index (χ1n) is 16.9. The third kappa shape index (κ3) is 4.87. The van der Waals surface area contributed by atoms with Crippen molar-refractivity contribution < 1.29 is 0 Å². The van der Waals surface area contributed by atoms with Crippen molar-refractivity contribution in [2.45, 2.75) is 0 Å². The number of rotatable bonds is 4. The normalized spacial score (nSPS) is 11.6. The SMILES string of the molecule is c1cc(-c2ccc3ccc4c5ccccc5ccc4c3c2)cc(-c2nc(-c3ccc4ccccc4c3)nc(-c3ccc4ccccc4c3)n2)c1. The van der Waals surface area contributed by atoms with Crippen LogP contribution in [0.2, 0.25) is 0 Å². The lowest BCUT2D eigenvalue weighted by atomic mass is 9.94. The lowest BCUT2D eigenvalue weighted by Crippen LogP contribution is -2.00. The Balaban J connectivity index is 1.13. The molecule has 0 saturated heterocycles. The van der Waals surface area contributed by atoms with Gasteiger partial charge in [0.2, 0.25) is 0 Å². The molecule has 1 heterocycles. The van der Waals surface area contributed by atoms with Gasteiger partial charge in [-0.1, -0.05) is 152 Å². The van der Waals surface area contributed by atoms with E-state index in [1.54, 1.807) is 0 Å². The Morgan fingerprint density at radius 2 is 0.640 bits per heavy atom. The first-order chi connectivity index (χ1) is 24.7. The maximum atomic E-state index is 5.10. The smallest absolute Gasteiger partial charge is 0.164 e. The summed E-state index contributed by atoms with van der Waals surface area (Å²) in [6.07, 6.45) is 0. The molecule has 10 rings (SSSR count). The van der Waals surface area contributed by atoms with Crippen LogP contribution in [0.5, 0.6) is 0 Å². The van der Waals surface area contributed by atoms with Crippen molar-refractivity contribution in [3.05, 3.63) is 176 Å². The zero-order chi connectivity index (χ0) is 33.0. The van der Waals surface area contributed by atoms with Crippen LogP contribution in [-0.2, 0) is 0 Å². The molecule has 10 aromatic rings. The Bertz CT molecular complexity index is 2850. The summed E-state index contributed by atoms with van der Waals surface area (Å²) in [4.78, 5) is 15.3. The summed E-state index contributed by atoms with van der Waals surface area (Å²) in [7, 11) is 0. The van der Waals surface area contributed by atoms with Crippen LogP contribution in [0.25, 0.3) is 99.2 Å². The predicted molar refractivity (Wildman–Crippen MR) is 209 cm³/mol. The fourth-order valence-electron chi connectivity index (χ4n) is 7.26. The summed E-state index contributed by atoms with van der Waals surface area (Å²) in [5.41, 5.74) is 5.12. The minimum Gasteiger partial charge on any atom is -0.208 e. The Hall–Kier alpha value is -6.71. The molecule has 0 bridgehead atoms. The molecule has 0 fully saturated rings. The third-order valence-corrected chi connectivity index (χ3v) is 9.85. The Kier molecular flexibility index (Phi) is 6.49. The maximum absolute atomic E-state index is 5.10. The summed E-state index contributed by atoms with van der Waals surface area (Å²) in [6, 6.07) is 62.5. The topological polar surface area (TPSA) is 38.7 Å². The molecule has 0 saturated carbocycles. The highest BCUT2D eigenvalue weighted by Gasteiger charge is 2.15. The molecular formula is C47H29N3. The van der Waals surface area contributed by atoms with Crippen molar-refractivity contribution in [2.24, 2.45) is 0 Å². The number of fused-ring (bicyclic) bond motifs is 7. The first-order valence-corrected chi connectivity index (χ1v) is 16.9. The van der Waals surface area contributed by atoms with Gasteiger partial charge in [-0.2, -0.15) is 0 Å². The van der Waals surface area contributed by atoms with Crippen molar-refractivity contribution in [1.29, 1.82) is 0 Å². The van der Waals surface area contributed by atoms with Crippen LogP contribution >= 0.6 is 0 Å². The van der Waals surface area contributed by atoms with E-state index in [2.05, 4.69) is 176 Å². The number of nitrogens with zero attached hydrogens (tertiary/aromatic N) is 3. The lowest BCUT2D eigenvalue weighted by molar-refractivity contribution is 1.08. The predicted octanol–water partition coefficient (Wildman–Crippen LogP) is 12.3. The monoisotopic (exact) mass is 635 g/mol. The van der Waals surface area contributed by atoms with E-state index in [4.69, 9.17) is 15.0 Å². The van der Waals surface area contributed by atoms with Crippen LogP contribution in [0.1, 0.15) is 0 Å². The van der Waals surface area contributed by atoms with Crippen LogP contribution in [0.3, 0.4) is 0 Å². The highest BCUT2D eigenvalue weighted by atomic mass is 15.0. The Morgan fingerprint density at radius 1 is 0.220 bits per heavy atom. The standard InChI is InChI=1S/C47H29N3/c1-3-11-34-26-39(20-16-30(34)8-1)46-48-45(49-47(50-46)40-21-17-31-9-2-4-12-35(31)27-40)38-14-7-13-36(28-38)37-19-18-33-23-24-42-41-15-6-5-10-32(41)22-25-43(42)44(33)29-37/h1-29H. The minimum atomic E-state index is 0.644. The van der Waals surface area contributed by atoms with Gasteiger partial charge in [0.25, 0.3) is 0 Å². The summed E-state index contributed by atoms with van der Waals surface area (Å²) in [5.74, 6) is 1.95. The van der Waals surface area contributed by atoms with Gasteiger partial charge in [0.1, 0.15) is 0 Å². The molecule has 0 atom stereocenters. The van der Waals surface area contributed by atoms with Gasteiger partial charge in [-0.15, -0.1) is 0 Å². The van der Waals surface area contributed by atoms with E-state index in [-0.39, 0.29) is 0 Å². The molecule has 0 spiro atoms. The highest BCUT2D eigenvalue weighted by Crippen LogP contribution is 2.35. The molecule has 1 aromatic heterocycles. The summed E-state index contributed by atoms with van der Waals surface area (Å²) >= 11 is 0. The second kappa shape index (κ2) is 11.5. The molecule has 232 valence electrons. The third-order valence-electron chi connectivity index (χ3n) is 9.85. The molecule has 0 N–H and O–H groups in total. The molecule has 3 heteroatoms. The molecule has 50 heavy (non-hydrogen) atoms. The zero-order valence-corrected chi connectivity index (χ0v) is 27.1. The van der Waals surface area contributed by atoms with E-state index in [9.17, 15) is 0 Å². The van der Waals surface area contributed by atoms with Crippen LogP contribution in [0, 0.1) is 0 Å².